The van der Waals surface area contributed by atoms with E-state index in [9.17, 15) is 4.79 Å². The SMILES string of the molecule is CCCN(CC=Cc1cccc(C(=CCN2CCCC2)c2ccc(C)cc2)n1)C(=O)c1ccc(Cn2c(C)nc3cnccc32)cc1. The molecular weight excluding hydrogens is 580 g/mol. The van der Waals surface area contributed by atoms with Crippen molar-refractivity contribution in [2.45, 2.75) is 46.6 Å². The van der Waals surface area contributed by atoms with Crippen LogP contribution in [0.4, 0.5) is 0 Å². The molecule has 3 aromatic heterocycles. The molecule has 6 rings (SSSR count). The predicted molar refractivity (Wildman–Crippen MR) is 191 cm³/mol. The molecule has 0 aliphatic carbocycles. The van der Waals surface area contributed by atoms with Crippen LogP contribution in [0.5, 0.6) is 0 Å². The molecule has 0 atom stereocenters. The van der Waals surface area contributed by atoms with Crippen LogP contribution in [-0.2, 0) is 6.54 Å². The van der Waals surface area contributed by atoms with Crippen molar-refractivity contribution in [3.63, 3.8) is 0 Å². The number of imidazole rings is 1. The van der Waals surface area contributed by atoms with E-state index in [1.54, 1.807) is 12.4 Å². The second-order valence-electron chi connectivity index (χ2n) is 12.4. The van der Waals surface area contributed by atoms with Gasteiger partial charge in [0.15, 0.2) is 0 Å². The highest BCUT2D eigenvalue weighted by Gasteiger charge is 2.16. The van der Waals surface area contributed by atoms with Crippen molar-refractivity contribution in [3.8, 4) is 0 Å². The van der Waals surface area contributed by atoms with Crippen LogP contribution in [0.1, 0.15) is 70.4 Å². The second-order valence-corrected chi connectivity index (χ2v) is 12.4. The molecule has 1 amide bonds. The summed E-state index contributed by atoms with van der Waals surface area (Å²) in [5.41, 5.74) is 9.19. The maximum atomic E-state index is 13.6. The van der Waals surface area contributed by atoms with Crippen LogP contribution in [-0.4, -0.2) is 67.9 Å². The van der Waals surface area contributed by atoms with E-state index in [0.717, 1.165) is 65.4 Å². The number of carbonyl (C=O) groups excluding carboxylic acids is 1. The summed E-state index contributed by atoms with van der Waals surface area (Å²) in [6, 6.07) is 24.8. The van der Waals surface area contributed by atoms with Gasteiger partial charge < -0.3 is 9.47 Å². The first-order valence-electron chi connectivity index (χ1n) is 16.8. The van der Waals surface area contributed by atoms with Gasteiger partial charge in [0.1, 0.15) is 11.3 Å². The topological polar surface area (TPSA) is 67.2 Å². The molecule has 0 spiro atoms. The Kier molecular flexibility index (Phi) is 10.3. The zero-order valence-electron chi connectivity index (χ0n) is 27.8. The van der Waals surface area contributed by atoms with Crippen LogP contribution < -0.4 is 0 Å². The van der Waals surface area contributed by atoms with E-state index in [1.807, 2.05) is 54.3 Å². The van der Waals surface area contributed by atoms with Gasteiger partial charge in [-0.3, -0.25) is 14.7 Å². The quantitative estimate of drug-likeness (QED) is 0.143. The summed E-state index contributed by atoms with van der Waals surface area (Å²) in [7, 11) is 0. The second kappa shape index (κ2) is 15.1. The fourth-order valence-electron chi connectivity index (χ4n) is 6.25. The Morgan fingerprint density at radius 2 is 1.68 bits per heavy atom. The first-order chi connectivity index (χ1) is 23.0. The molecule has 0 bridgehead atoms. The van der Waals surface area contributed by atoms with Gasteiger partial charge in [-0.15, -0.1) is 0 Å². The highest BCUT2D eigenvalue weighted by atomic mass is 16.2. The number of pyridine rings is 2. The molecule has 47 heavy (non-hydrogen) atoms. The van der Waals surface area contributed by atoms with Crippen molar-refractivity contribution in [1.29, 1.82) is 0 Å². The van der Waals surface area contributed by atoms with Gasteiger partial charge in [0.2, 0.25) is 0 Å². The Labute approximate surface area is 278 Å². The van der Waals surface area contributed by atoms with E-state index in [4.69, 9.17) is 4.98 Å². The van der Waals surface area contributed by atoms with Crippen LogP contribution in [0.15, 0.2) is 97.3 Å². The first kappa shape index (κ1) is 32.1. The molecule has 1 aliphatic rings. The standard InChI is InChI=1S/C40H44N6O/c1-4-23-45(40(47)34-18-14-32(15-19-34)29-46-31(3)42-38-28-41-22-20-39(38)46)26-8-10-35-9-7-11-37(43-35)36(21-27-44-24-5-6-25-44)33-16-12-30(2)13-17-33/h7-22,28H,4-6,23-27,29H2,1-3H3. The highest BCUT2D eigenvalue weighted by Crippen LogP contribution is 2.24. The van der Waals surface area contributed by atoms with Gasteiger partial charge >= 0.3 is 0 Å². The first-order valence-corrected chi connectivity index (χ1v) is 16.8. The lowest BCUT2D eigenvalue weighted by atomic mass is 10.00. The molecule has 0 saturated carbocycles. The van der Waals surface area contributed by atoms with E-state index >= 15 is 0 Å². The number of hydrogen-bond acceptors (Lipinski definition) is 5. The fraction of sp³-hybridized carbons (Fsp3) is 0.300. The summed E-state index contributed by atoms with van der Waals surface area (Å²) in [4.78, 5) is 31.9. The molecule has 0 radical (unpaired) electrons. The van der Waals surface area contributed by atoms with E-state index in [1.165, 1.54) is 24.0 Å². The maximum absolute atomic E-state index is 13.6. The van der Waals surface area contributed by atoms with Gasteiger partial charge in [0.25, 0.3) is 5.91 Å². The minimum atomic E-state index is 0.0339. The van der Waals surface area contributed by atoms with Crippen molar-refractivity contribution < 1.29 is 4.79 Å². The highest BCUT2D eigenvalue weighted by molar-refractivity contribution is 5.94. The molecule has 5 aromatic rings. The fourth-order valence-corrected chi connectivity index (χ4v) is 6.25. The molecule has 240 valence electrons. The summed E-state index contributed by atoms with van der Waals surface area (Å²) < 4.78 is 2.18. The Morgan fingerprint density at radius 3 is 2.45 bits per heavy atom. The van der Waals surface area contributed by atoms with Crippen molar-refractivity contribution in [2.24, 2.45) is 0 Å². The average Bonchev–Trinajstić information content (AvgIpc) is 3.73. The van der Waals surface area contributed by atoms with Gasteiger partial charge in [-0.05, 0) is 93.7 Å². The summed E-state index contributed by atoms with van der Waals surface area (Å²) in [5.74, 6) is 0.977. The third-order valence-corrected chi connectivity index (χ3v) is 8.84. The number of rotatable bonds is 12. The summed E-state index contributed by atoms with van der Waals surface area (Å²) in [6.07, 6.45) is 13.4. The number of benzene rings is 2. The maximum Gasteiger partial charge on any atom is 0.254 e. The smallest absolute Gasteiger partial charge is 0.254 e. The number of carbonyl (C=O) groups is 1. The normalized spacial score (nSPS) is 14.0. The monoisotopic (exact) mass is 624 g/mol. The number of aromatic nitrogens is 4. The molecule has 1 aliphatic heterocycles. The summed E-state index contributed by atoms with van der Waals surface area (Å²) in [5, 5.41) is 0. The molecule has 1 saturated heterocycles. The molecule has 7 nitrogen and oxygen atoms in total. The average molecular weight is 625 g/mol. The zero-order valence-corrected chi connectivity index (χ0v) is 27.8. The van der Waals surface area contributed by atoms with Crippen LogP contribution in [0, 0.1) is 13.8 Å². The predicted octanol–water partition coefficient (Wildman–Crippen LogP) is 7.58. The largest absolute Gasteiger partial charge is 0.335 e. The summed E-state index contributed by atoms with van der Waals surface area (Å²) in [6.45, 7) is 11.4. The number of likely N-dealkylation sites (tertiary alicyclic amines) is 1. The molecule has 4 heterocycles. The Balaban J connectivity index is 1.14. The van der Waals surface area contributed by atoms with Crippen LogP contribution in [0.2, 0.25) is 0 Å². The molecule has 2 aromatic carbocycles. The summed E-state index contributed by atoms with van der Waals surface area (Å²) >= 11 is 0. The van der Waals surface area contributed by atoms with E-state index in [-0.39, 0.29) is 5.91 Å². The van der Waals surface area contributed by atoms with Crippen LogP contribution in [0.3, 0.4) is 0 Å². The lowest BCUT2D eigenvalue weighted by Gasteiger charge is -2.21. The van der Waals surface area contributed by atoms with Crippen LogP contribution >= 0.6 is 0 Å². The number of fused-ring (bicyclic) bond motifs is 1. The lowest BCUT2D eigenvalue weighted by molar-refractivity contribution is 0.0774. The third-order valence-electron chi connectivity index (χ3n) is 8.84. The molecule has 0 N–H and O–H groups in total. The van der Waals surface area contributed by atoms with Gasteiger partial charge in [-0.25, -0.2) is 9.97 Å². The van der Waals surface area contributed by atoms with Crippen molar-refractivity contribution in [3.05, 3.63) is 137 Å². The van der Waals surface area contributed by atoms with E-state index < -0.39 is 0 Å². The third kappa shape index (κ3) is 7.92. The lowest BCUT2D eigenvalue weighted by Crippen LogP contribution is -2.31. The Morgan fingerprint density at radius 1 is 0.915 bits per heavy atom. The van der Waals surface area contributed by atoms with Gasteiger partial charge in [0, 0.05) is 43.5 Å². The minimum absolute atomic E-state index is 0.0339. The van der Waals surface area contributed by atoms with Gasteiger partial charge in [0.05, 0.1) is 23.1 Å². The van der Waals surface area contributed by atoms with Crippen LogP contribution in [0.25, 0.3) is 22.7 Å². The molecule has 7 heteroatoms. The van der Waals surface area contributed by atoms with Crippen molar-refractivity contribution in [1.82, 2.24) is 29.3 Å². The zero-order chi connectivity index (χ0) is 32.6. The van der Waals surface area contributed by atoms with Gasteiger partial charge in [-0.2, -0.15) is 0 Å². The molecular formula is C40H44N6O. The molecule has 0 unspecified atom stereocenters. The number of nitrogens with zero attached hydrogens (tertiary/aromatic N) is 6. The number of aryl methyl sites for hydroxylation is 2. The Hall–Kier alpha value is -4.88. The molecule has 1 fully saturated rings. The minimum Gasteiger partial charge on any atom is -0.335 e. The van der Waals surface area contributed by atoms with Crippen molar-refractivity contribution >= 4 is 28.6 Å². The van der Waals surface area contributed by atoms with E-state index in [0.29, 0.717) is 25.2 Å². The number of hydrogen-bond donors (Lipinski definition) is 0. The number of amides is 1. The van der Waals surface area contributed by atoms with Crippen molar-refractivity contribution in [2.75, 3.05) is 32.7 Å². The Bertz CT molecular complexity index is 1860. The van der Waals surface area contributed by atoms with E-state index in [2.05, 4.69) is 81.8 Å². The van der Waals surface area contributed by atoms with Gasteiger partial charge in [-0.1, -0.05) is 67.1 Å².